The van der Waals surface area contributed by atoms with E-state index in [4.69, 9.17) is 5.11 Å². The first kappa shape index (κ1) is 12.9. The number of likely N-dealkylation sites (tertiary alicyclic amines) is 1. The molecule has 0 spiro atoms. The maximum Gasteiger partial charge on any atom is 0.416 e. The molecule has 1 aliphatic rings. The van der Waals surface area contributed by atoms with Crippen molar-refractivity contribution in [2.75, 3.05) is 19.7 Å². The van der Waals surface area contributed by atoms with Crippen molar-refractivity contribution in [1.82, 2.24) is 4.90 Å². The minimum atomic E-state index is -4.39. The average molecular weight is 259 g/mol. The molecular weight excluding hydrogens is 247 g/mol. The van der Waals surface area contributed by atoms with Crippen molar-refractivity contribution in [2.24, 2.45) is 5.92 Å². The van der Waals surface area contributed by atoms with Gasteiger partial charge in [-0.15, -0.1) is 0 Å². The number of benzene rings is 1. The largest absolute Gasteiger partial charge is 0.416 e. The Labute approximate surface area is 102 Å². The number of aliphatic hydroxyl groups is 1. The number of hydrogen-bond acceptors (Lipinski definition) is 2. The van der Waals surface area contributed by atoms with Crippen LogP contribution in [0.25, 0.3) is 0 Å². The van der Waals surface area contributed by atoms with Crippen molar-refractivity contribution in [3.63, 3.8) is 0 Å². The third kappa shape index (κ3) is 2.48. The molecule has 0 aromatic heterocycles. The number of rotatable bonds is 2. The van der Waals surface area contributed by atoms with Crippen LogP contribution in [0.4, 0.5) is 13.2 Å². The number of alkyl halides is 3. The topological polar surface area (TPSA) is 40.5 Å². The number of halogens is 3. The van der Waals surface area contributed by atoms with Crippen LogP contribution in [0.3, 0.4) is 0 Å². The van der Waals surface area contributed by atoms with Crippen molar-refractivity contribution in [1.29, 1.82) is 0 Å². The summed E-state index contributed by atoms with van der Waals surface area (Å²) in [6, 6.07) is 4.15. The van der Waals surface area contributed by atoms with Gasteiger partial charge in [0, 0.05) is 31.2 Å². The summed E-state index contributed by atoms with van der Waals surface area (Å²) in [5, 5.41) is 8.82. The predicted molar refractivity (Wildman–Crippen MR) is 57.9 cm³/mol. The molecule has 3 nitrogen and oxygen atoms in total. The van der Waals surface area contributed by atoms with E-state index in [9.17, 15) is 18.0 Å². The Kier molecular flexibility index (Phi) is 3.30. The van der Waals surface area contributed by atoms with E-state index in [1.807, 2.05) is 0 Å². The van der Waals surface area contributed by atoms with Crippen LogP contribution in [0.5, 0.6) is 0 Å². The maximum atomic E-state index is 12.3. The van der Waals surface area contributed by atoms with Crippen LogP contribution in [0.1, 0.15) is 15.9 Å². The Morgan fingerprint density at radius 3 is 2.28 bits per heavy atom. The van der Waals surface area contributed by atoms with Gasteiger partial charge in [-0.3, -0.25) is 4.79 Å². The Balaban J connectivity index is 2.04. The van der Waals surface area contributed by atoms with E-state index in [0.29, 0.717) is 13.1 Å². The lowest BCUT2D eigenvalue weighted by Gasteiger charge is -2.38. The van der Waals surface area contributed by atoms with E-state index in [2.05, 4.69) is 0 Å². The lowest BCUT2D eigenvalue weighted by molar-refractivity contribution is -0.137. The van der Waals surface area contributed by atoms with E-state index in [1.54, 1.807) is 0 Å². The molecule has 98 valence electrons. The van der Waals surface area contributed by atoms with Gasteiger partial charge in [0.15, 0.2) is 0 Å². The molecule has 0 atom stereocenters. The highest BCUT2D eigenvalue weighted by molar-refractivity contribution is 5.94. The number of amides is 1. The van der Waals surface area contributed by atoms with Crippen LogP contribution < -0.4 is 0 Å². The number of carbonyl (C=O) groups excluding carboxylic acids is 1. The second-order valence-corrected chi connectivity index (χ2v) is 4.33. The number of hydrogen-bond donors (Lipinski definition) is 1. The summed E-state index contributed by atoms with van der Waals surface area (Å²) < 4.78 is 37.0. The molecule has 1 amide bonds. The second kappa shape index (κ2) is 4.61. The molecule has 0 unspecified atom stereocenters. The fourth-order valence-electron chi connectivity index (χ4n) is 1.84. The molecule has 1 aromatic rings. The number of aliphatic hydroxyl groups excluding tert-OH is 1. The van der Waals surface area contributed by atoms with Gasteiger partial charge in [0.25, 0.3) is 5.91 Å². The zero-order chi connectivity index (χ0) is 13.3. The van der Waals surface area contributed by atoms with Gasteiger partial charge in [-0.05, 0) is 24.3 Å². The fourth-order valence-corrected chi connectivity index (χ4v) is 1.84. The van der Waals surface area contributed by atoms with Crippen LogP contribution in [0.2, 0.25) is 0 Å². The van der Waals surface area contributed by atoms with E-state index in [1.165, 1.54) is 17.0 Å². The summed E-state index contributed by atoms with van der Waals surface area (Å²) >= 11 is 0. The van der Waals surface area contributed by atoms with Gasteiger partial charge in [-0.25, -0.2) is 0 Å². The molecule has 1 saturated heterocycles. The summed E-state index contributed by atoms with van der Waals surface area (Å²) in [5.74, 6) is -0.211. The molecule has 1 N–H and O–H groups in total. The molecule has 18 heavy (non-hydrogen) atoms. The molecule has 0 aliphatic carbocycles. The van der Waals surface area contributed by atoms with Crippen molar-refractivity contribution < 1.29 is 23.1 Å². The minimum absolute atomic E-state index is 0.0246. The van der Waals surface area contributed by atoms with E-state index in [0.717, 1.165) is 12.1 Å². The molecular formula is C12H12F3NO2. The quantitative estimate of drug-likeness (QED) is 0.879. The highest BCUT2D eigenvalue weighted by Crippen LogP contribution is 2.29. The van der Waals surface area contributed by atoms with Crippen LogP contribution in [0, 0.1) is 5.92 Å². The normalized spacial score (nSPS) is 16.6. The molecule has 1 heterocycles. The summed E-state index contributed by atoms with van der Waals surface area (Å²) in [6.45, 7) is 0.934. The lowest BCUT2D eigenvalue weighted by Crippen LogP contribution is -2.51. The Bertz CT molecular complexity index is 436. The smallest absolute Gasteiger partial charge is 0.396 e. The first-order valence-corrected chi connectivity index (χ1v) is 5.49. The van der Waals surface area contributed by atoms with Crippen LogP contribution in [-0.4, -0.2) is 35.6 Å². The Morgan fingerprint density at radius 2 is 1.83 bits per heavy atom. The number of nitrogens with zero attached hydrogens (tertiary/aromatic N) is 1. The molecule has 6 heteroatoms. The van der Waals surface area contributed by atoms with Gasteiger partial charge >= 0.3 is 6.18 Å². The van der Waals surface area contributed by atoms with Gasteiger partial charge in [0.05, 0.1) is 5.56 Å². The maximum absolute atomic E-state index is 12.3. The van der Waals surface area contributed by atoms with Crippen molar-refractivity contribution in [3.8, 4) is 0 Å². The van der Waals surface area contributed by atoms with E-state index in [-0.39, 0.29) is 24.0 Å². The highest BCUT2D eigenvalue weighted by Gasteiger charge is 2.32. The van der Waals surface area contributed by atoms with Crippen molar-refractivity contribution in [3.05, 3.63) is 35.4 Å². The van der Waals surface area contributed by atoms with Gasteiger partial charge in [0.2, 0.25) is 0 Å². The average Bonchev–Trinajstić information content (AvgIpc) is 2.26. The van der Waals surface area contributed by atoms with Crippen molar-refractivity contribution in [2.45, 2.75) is 6.18 Å². The second-order valence-electron chi connectivity index (χ2n) is 4.33. The molecule has 0 bridgehead atoms. The standard InChI is InChI=1S/C12H12F3NO2/c13-12(14,15)10-3-1-9(2-4-10)11(18)16-5-8(6-16)7-17/h1-4,8,17H,5-7H2. The van der Waals surface area contributed by atoms with Gasteiger partial charge in [-0.1, -0.05) is 0 Å². The van der Waals surface area contributed by atoms with Gasteiger partial charge in [0.1, 0.15) is 0 Å². The lowest BCUT2D eigenvalue weighted by atomic mass is 9.99. The van der Waals surface area contributed by atoms with Gasteiger partial charge in [-0.2, -0.15) is 13.2 Å². The molecule has 1 aliphatic heterocycles. The predicted octanol–water partition coefficient (Wildman–Crippen LogP) is 1.77. The van der Waals surface area contributed by atoms with Crippen LogP contribution in [0.15, 0.2) is 24.3 Å². The van der Waals surface area contributed by atoms with Crippen LogP contribution >= 0.6 is 0 Å². The number of carbonyl (C=O) groups is 1. The highest BCUT2D eigenvalue weighted by atomic mass is 19.4. The SMILES string of the molecule is O=C(c1ccc(C(F)(F)F)cc1)N1CC(CO)C1. The van der Waals surface area contributed by atoms with Crippen molar-refractivity contribution >= 4 is 5.91 Å². The minimum Gasteiger partial charge on any atom is -0.396 e. The van der Waals surface area contributed by atoms with Crippen LogP contribution in [-0.2, 0) is 6.18 Å². The third-order valence-electron chi connectivity index (χ3n) is 2.96. The Morgan fingerprint density at radius 1 is 1.28 bits per heavy atom. The van der Waals surface area contributed by atoms with Gasteiger partial charge < -0.3 is 10.0 Å². The zero-order valence-corrected chi connectivity index (χ0v) is 9.44. The molecule has 0 saturated carbocycles. The summed E-state index contributed by atoms with van der Waals surface area (Å²) in [6.07, 6.45) is -4.39. The molecule has 2 rings (SSSR count). The summed E-state index contributed by atoms with van der Waals surface area (Å²) in [4.78, 5) is 13.3. The monoisotopic (exact) mass is 259 g/mol. The third-order valence-corrected chi connectivity index (χ3v) is 2.96. The summed E-state index contributed by atoms with van der Waals surface area (Å²) in [5.41, 5.74) is -0.532. The Hall–Kier alpha value is -1.56. The zero-order valence-electron chi connectivity index (χ0n) is 9.44. The molecule has 0 radical (unpaired) electrons. The van der Waals surface area contributed by atoms with E-state index < -0.39 is 11.7 Å². The first-order valence-electron chi connectivity index (χ1n) is 5.49. The molecule has 1 aromatic carbocycles. The van der Waals surface area contributed by atoms with E-state index >= 15 is 0 Å². The molecule has 1 fully saturated rings. The summed E-state index contributed by atoms with van der Waals surface area (Å²) in [7, 11) is 0. The first-order chi connectivity index (χ1) is 8.41. The fraction of sp³-hybridized carbons (Fsp3) is 0.417.